The fourth-order valence-corrected chi connectivity index (χ4v) is 2.85. The second-order valence-corrected chi connectivity index (χ2v) is 6.04. The average Bonchev–Trinajstić information content (AvgIpc) is 2.93. The summed E-state index contributed by atoms with van der Waals surface area (Å²) in [6, 6.07) is 0.499. The lowest BCUT2D eigenvalue weighted by Crippen LogP contribution is -2.43. The molecule has 7 nitrogen and oxygen atoms in total. The molecule has 0 spiro atoms. The van der Waals surface area contributed by atoms with Crippen LogP contribution in [0.5, 0.6) is 0 Å². The van der Waals surface area contributed by atoms with E-state index in [4.69, 9.17) is 0 Å². The van der Waals surface area contributed by atoms with Gasteiger partial charge in [0.2, 0.25) is 5.95 Å². The van der Waals surface area contributed by atoms with Gasteiger partial charge in [0.05, 0.1) is 6.54 Å². The first-order valence-electron chi connectivity index (χ1n) is 7.70. The molecule has 0 saturated carbocycles. The number of aryl methyl sites for hydroxylation is 2. The summed E-state index contributed by atoms with van der Waals surface area (Å²) in [6.07, 6.45) is 7.74. The van der Waals surface area contributed by atoms with E-state index in [1.807, 2.05) is 30.9 Å². The molecule has 7 heteroatoms. The molecule has 3 heterocycles. The van der Waals surface area contributed by atoms with Gasteiger partial charge in [0, 0.05) is 45.6 Å². The molecule has 1 aliphatic heterocycles. The topological polar surface area (TPSA) is 63.0 Å². The molecule has 0 aromatic carbocycles. The Morgan fingerprint density at radius 1 is 1.23 bits per heavy atom. The molecule has 0 N–H and O–H groups in total. The average molecular weight is 301 g/mol. The van der Waals surface area contributed by atoms with Crippen LogP contribution in [0.3, 0.4) is 0 Å². The number of hydrogen-bond donors (Lipinski definition) is 0. The zero-order chi connectivity index (χ0) is 15.5. The molecule has 3 rings (SSSR count). The first kappa shape index (κ1) is 14.9. The van der Waals surface area contributed by atoms with Crippen molar-refractivity contribution in [3.8, 4) is 0 Å². The van der Waals surface area contributed by atoms with Gasteiger partial charge in [0.25, 0.3) is 0 Å². The van der Waals surface area contributed by atoms with E-state index < -0.39 is 0 Å². The quantitative estimate of drug-likeness (QED) is 0.840. The van der Waals surface area contributed by atoms with Gasteiger partial charge in [-0.05, 0) is 25.3 Å². The molecule has 0 atom stereocenters. The Hall–Kier alpha value is -2.02. The second kappa shape index (κ2) is 6.39. The lowest BCUT2D eigenvalue weighted by Gasteiger charge is -2.36. The predicted octanol–water partition coefficient (Wildman–Crippen LogP) is 1.01. The van der Waals surface area contributed by atoms with Gasteiger partial charge < -0.3 is 9.47 Å². The Balaban J connectivity index is 1.55. The molecule has 1 saturated heterocycles. The maximum Gasteiger partial charge on any atom is 0.225 e. The standard InChI is InChI=1S/C15H23N7/c1-12-8-16-15(17-9-12)21(3)13-4-6-22(7-5-13)10-14-19-18-11-20(14)2/h8-9,11,13H,4-7,10H2,1-3H3. The fraction of sp³-hybridized carbons (Fsp3) is 0.600. The Kier molecular flexibility index (Phi) is 4.33. The molecule has 2 aromatic rings. The first-order valence-corrected chi connectivity index (χ1v) is 7.70. The van der Waals surface area contributed by atoms with Crippen LogP contribution in [0, 0.1) is 6.92 Å². The van der Waals surface area contributed by atoms with Crippen molar-refractivity contribution in [3.05, 3.63) is 30.1 Å². The van der Waals surface area contributed by atoms with Gasteiger partial charge in [0.15, 0.2) is 0 Å². The van der Waals surface area contributed by atoms with Gasteiger partial charge in [-0.3, -0.25) is 4.90 Å². The number of aromatic nitrogens is 5. The summed E-state index contributed by atoms with van der Waals surface area (Å²) in [6.45, 7) is 5.00. The first-order chi connectivity index (χ1) is 10.6. The highest BCUT2D eigenvalue weighted by Gasteiger charge is 2.24. The van der Waals surface area contributed by atoms with Crippen LogP contribution >= 0.6 is 0 Å². The molecule has 0 bridgehead atoms. The summed E-state index contributed by atoms with van der Waals surface area (Å²) < 4.78 is 1.98. The van der Waals surface area contributed by atoms with Crippen LogP contribution in [0.15, 0.2) is 18.7 Å². The van der Waals surface area contributed by atoms with Crippen molar-refractivity contribution in [2.75, 3.05) is 25.0 Å². The summed E-state index contributed by atoms with van der Waals surface area (Å²) >= 11 is 0. The Bertz CT molecular complexity index is 599. The van der Waals surface area contributed by atoms with Crippen molar-refractivity contribution < 1.29 is 0 Å². The summed E-state index contributed by atoms with van der Waals surface area (Å²) in [5, 5.41) is 8.10. The second-order valence-electron chi connectivity index (χ2n) is 6.04. The number of likely N-dealkylation sites (tertiary alicyclic amines) is 1. The van der Waals surface area contributed by atoms with E-state index >= 15 is 0 Å². The van der Waals surface area contributed by atoms with Crippen molar-refractivity contribution in [2.24, 2.45) is 7.05 Å². The number of nitrogens with zero attached hydrogens (tertiary/aromatic N) is 7. The highest BCUT2D eigenvalue weighted by molar-refractivity contribution is 5.30. The molecular weight excluding hydrogens is 278 g/mol. The molecule has 0 amide bonds. The summed E-state index contributed by atoms with van der Waals surface area (Å²) in [5.74, 6) is 1.84. The zero-order valence-corrected chi connectivity index (χ0v) is 13.5. The van der Waals surface area contributed by atoms with Crippen LogP contribution in [0.2, 0.25) is 0 Å². The summed E-state index contributed by atoms with van der Waals surface area (Å²) in [7, 11) is 4.08. The summed E-state index contributed by atoms with van der Waals surface area (Å²) in [4.78, 5) is 13.5. The zero-order valence-electron chi connectivity index (χ0n) is 13.5. The normalized spacial score (nSPS) is 16.9. The molecule has 0 radical (unpaired) electrons. The van der Waals surface area contributed by atoms with Crippen LogP contribution in [0.25, 0.3) is 0 Å². The Labute approximate surface area is 131 Å². The van der Waals surface area contributed by atoms with Crippen LogP contribution < -0.4 is 4.90 Å². The molecule has 22 heavy (non-hydrogen) atoms. The van der Waals surface area contributed by atoms with E-state index in [0.29, 0.717) is 6.04 Å². The monoisotopic (exact) mass is 301 g/mol. The van der Waals surface area contributed by atoms with E-state index in [9.17, 15) is 0 Å². The summed E-state index contributed by atoms with van der Waals surface area (Å²) in [5.41, 5.74) is 1.09. The maximum absolute atomic E-state index is 4.42. The molecule has 1 fully saturated rings. The SMILES string of the molecule is Cc1cnc(N(C)C2CCN(Cc3nncn3C)CC2)nc1. The number of anilines is 1. The van der Waals surface area contributed by atoms with Crippen molar-refractivity contribution in [1.82, 2.24) is 29.6 Å². The highest BCUT2D eigenvalue weighted by atomic mass is 15.3. The van der Waals surface area contributed by atoms with Crippen LogP contribution in [-0.4, -0.2) is 55.8 Å². The number of piperidine rings is 1. The van der Waals surface area contributed by atoms with Crippen LogP contribution in [0.4, 0.5) is 5.95 Å². The fourth-order valence-electron chi connectivity index (χ4n) is 2.85. The molecule has 0 aliphatic carbocycles. The molecule has 2 aromatic heterocycles. The highest BCUT2D eigenvalue weighted by Crippen LogP contribution is 2.20. The predicted molar refractivity (Wildman–Crippen MR) is 84.5 cm³/mol. The van der Waals surface area contributed by atoms with Crippen molar-refractivity contribution >= 4 is 5.95 Å². The molecule has 1 aliphatic rings. The minimum absolute atomic E-state index is 0.499. The minimum atomic E-state index is 0.499. The van der Waals surface area contributed by atoms with Gasteiger partial charge in [-0.2, -0.15) is 0 Å². The van der Waals surface area contributed by atoms with Gasteiger partial charge in [0.1, 0.15) is 12.2 Å². The van der Waals surface area contributed by atoms with E-state index in [0.717, 1.165) is 49.8 Å². The van der Waals surface area contributed by atoms with Crippen molar-refractivity contribution in [3.63, 3.8) is 0 Å². The lowest BCUT2D eigenvalue weighted by atomic mass is 10.0. The van der Waals surface area contributed by atoms with E-state index in [1.54, 1.807) is 6.33 Å². The van der Waals surface area contributed by atoms with E-state index in [1.165, 1.54) is 0 Å². The Morgan fingerprint density at radius 2 is 1.91 bits per heavy atom. The maximum atomic E-state index is 4.42. The van der Waals surface area contributed by atoms with Gasteiger partial charge in [-0.1, -0.05) is 0 Å². The van der Waals surface area contributed by atoms with E-state index in [-0.39, 0.29) is 0 Å². The molecular formula is C15H23N7. The van der Waals surface area contributed by atoms with Crippen molar-refractivity contribution in [2.45, 2.75) is 32.4 Å². The van der Waals surface area contributed by atoms with Gasteiger partial charge in [-0.15, -0.1) is 10.2 Å². The van der Waals surface area contributed by atoms with Crippen LogP contribution in [0.1, 0.15) is 24.2 Å². The van der Waals surface area contributed by atoms with Gasteiger partial charge in [-0.25, -0.2) is 9.97 Å². The largest absolute Gasteiger partial charge is 0.341 e. The van der Waals surface area contributed by atoms with E-state index in [2.05, 4.69) is 37.0 Å². The van der Waals surface area contributed by atoms with Crippen molar-refractivity contribution in [1.29, 1.82) is 0 Å². The number of hydrogen-bond acceptors (Lipinski definition) is 6. The third-order valence-corrected chi connectivity index (χ3v) is 4.36. The third kappa shape index (κ3) is 3.24. The third-order valence-electron chi connectivity index (χ3n) is 4.36. The Morgan fingerprint density at radius 3 is 2.50 bits per heavy atom. The molecule has 118 valence electrons. The minimum Gasteiger partial charge on any atom is -0.341 e. The number of rotatable bonds is 4. The van der Waals surface area contributed by atoms with Gasteiger partial charge >= 0.3 is 0 Å². The molecule has 0 unspecified atom stereocenters. The lowest BCUT2D eigenvalue weighted by molar-refractivity contribution is 0.197. The smallest absolute Gasteiger partial charge is 0.225 e. The van der Waals surface area contributed by atoms with Crippen LogP contribution in [-0.2, 0) is 13.6 Å².